The van der Waals surface area contributed by atoms with E-state index in [0.29, 0.717) is 67.3 Å². The number of pyridine rings is 1. The van der Waals surface area contributed by atoms with Crippen LogP contribution in [0.25, 0.3) is 11.3 Å². The van der Waals surface area contributed by atoms with Gasteiger partial charge in [0.25, 0.3) is 11.8 Å². The lowest BCUT2D eigenvalue weighted by Gasteiger charge is -2.37. The number of anilines is 2. The van der Waals surface area contributed by atoms with Crippen LogP contribution in [0.4, 0.5) is 24.5 Å². The molecule has 3 atom stereocenters. The molecule has 4 N–H and O–H groups in total. The summed E-state index contributed by atoms with van der Waals surface area (Å²) in [6, 6.07) is 19.9. The van der Waals surface area contributed by atoms with Gasteiger partial charge in [0, 0.05) is 73.4 Å². The third-order valence-electron chi connectivity index (χ3n) is 10.00. The summed E-state index contributed by atoms with van der Waals surface area (Å²) in [6.07, 6.45) is -2.65. The Morgan fingerprint density at radius 2 is 1.57 bits per heavy atom. The summed E-state index contributed by atoms with van der Waals surface area (Å²) >= 11 is 0. The van der Waals surface area contributed by atoms with Gasteiger partial charge in [-0.2, -0.15) is 13.2 Å². The van der Waals surface area contributed by atoms with Gasteiger partial charge in [0.2, 0.25) is 0 Å². The summed E-state index contributed by atoms with van der Waals surface area (Å²) in [5.74, 6) is -1.25. The fraction of sp³-hybridized carbons (Fsp3) is 0.381. The maximum atomic E-state index is 13.9. The van der Waals surface area contributed by atoms with Crippen molar-refractivity contribution in [3.05, 3.63) is 113 Å². The molecule has 14 heteroatoms. The van der Waals surface area contributed by atoms with Gasteiger partial charge in [-0.1, -0.05) is 24.3 Å². The van der Waals surface area contributed by atoms with E-state index in [-0.39, 0.29) is 35.7 Å². The number of nitrogens with two attached hydrogens (primary N) is 1. The molecule has 4 aromatic rings. The van der Waals surface area contributed by atoms with Crippen molar-refractivity contribution < 1.29 is 37.0 Å². The average molecular weight is 773 g/mol. The lowest BCUT2D eigenvalue weighted by molar-refractivity contribution is -0.137. The number of nitrogens with one attached hydrogen (secondary N) is 2. The van der Waals surface area contributed by atoms with Gasteiger partial charge in [-0.15, -0.1) is 0 Å². The van der Waals surface area contributed by atoms with E-state index >= 15 is 0 Å². The highest BCUT2D eigenvalue weighted by molar-refractivity contribution is 6.09. The zero-order valence-electron chi connectivity index (χ0n) is 31.7. The lowest BCUT2D eigenvalue weighted by Crippen LogP contribution is -2.48. The first-order valence-corrected chi connectivity index (χ1v) is 18.7. The molecule has 2 aliphatic rings. The highest BCUT2D eigenvalue weighted by Gasteiger charge is 2.32. The number of carbonyl (C=O) groups excluding carboxylic acids is 3. The van der Waals surface area contributed by atoms with Crippen LogP contribution in [0.2, 0.25) is 0 Å². The molecule has 2 fully saturated rings. The highest BCUT2D eigenvalue weighted by atomic mass is 19.4. The van der Waals surface area contributed by atoms with Gasteiger partial charge in [0.15, 0.2) is 5.78 Å². The molecule has 6 rings (SSSR count). The summed E-state index contributed by atoms with van der Waals surface area (Å²) in [5.41, 5.74) is 7.86. The lowest BCUT2D eigenvalue weighted by atomic mass is 9.88. The molecule has 296 valence electrons. The molecule has 3 aromatic carbocycles. The topological polar surface area (TPSA) is 139 Å². The van der Waals surface area contributed by atoms with Gasteiger partial charge < -0.3 is 30.7 Å². The second-order valence-electron chi connectivity index (χ2n) is 14.7. The summed E-state index contributed by atoms with van der Waals surface area (Å²) in [5, 5.41) is 5.68. The predicted molar refractivity (Wildman–Crippen MR) is 208 cm³/mol. The Morgan fingerprint density at radius 3 is 2.30 bits per heavy atom. The fourth-order valence-corrected chi connectivity index (χ4v) is 6.95. The number of alkyl halides is 3. The van der Waals surface area contributed by atoms with Crippen molar-refractivity contribution in [1.29, 1.82) is 0 Å². The molecule has 0 saturated carbocycles. The number of nitrogens with zero attached hydrogens (tertiary/aromatic N) is 3. The minimum absolute atomic E-state index is 0.0201. The van der Waals surface area contributed by atoms with Crippen molar-refractivity contribution in [2.45, 2.75) is 57.7 Å². The monoisotopic (exact) mass is 772 g/mol. The average Bonchev–Trinajstić information content (AvgIpc) is 3.19. The van der Waals surface area contributed by atoms with Crippen molar-refractivity contribution in [3.8, 4) is 11.3 Å². The normalized spacial score (nSPS) is 18.9. The number of hydrogen-bond donors (Lipinski definition) is 3. The molecule has 2 saturated heterocycles. The molecule has 0 spiro atoms. The standard InChI is InChI=1S/C42H47F3N6O5/c1-27-25-51(26-28(2)56-27)34-10-11-36(49-40(54)31-8-5-7-30(21-31)38(52)41(3,46)13-15-50-16-18-55-19-17-50)35(23-34)37-22-32(12-14-47-37)39(53)48-24-29-6-4-9-33(20-29)42(43,44)45/h4-12,14,20-23,27-28H,13,15-19,24-26,46H2,1-3H3,(H,48,53)(H,49,54)/t27-,28+,41?. The maximum Gasteiger partial charge on any atom is 0.416 e. The first kappa shape index (κ1) is 40.5. The zero-order valence-corrected chi connectivity index (χ0v) is 31.7. The molecule has 0 radical (unpaired) electrons. The molecule has 0 aliphatic carbocycles. The Bertz CT molecular complexity index is 2040. The van der Waals surface area contributed by atoms with E-state index in [1.807, 2.05) is 26.0 Å². The molecule has 2 amide bonds. The number of benzene rings is 3. The summed E-state index contributed by atoms with van der Waals surface area (Å²) in [4.78, 5) is 49.7. The number of ether oxygens (including phenoxy) is 2. The van der Waals surface area contributed by atoms with Crippen LogP contribution >= 0.6 is 0 Å². The molecule has 3 heterocycles. The van der Waals surface area contributed by atoms with Crippen LogP contribution in [-0.2, 0) is 22.2 Å². The van der Waals surface area contributed by atoms with Crippen molar-refractivity contribution >= 4 is 29.0 Å². The second-order valence-corrected chi connectivity index (χ2v) is 14.7. The van der Waals surface area contributed by atoms with Crippen LogP contribution in [-0.4, -0.2) is 91.2 Å². The molecule has 0 bridgehead atoms. The number of morpholine rings is 2. The zero-order chi connectivity index (χ0) is 40.0. The third-order valence-corrected chi connectivity index (χ3v) is 10.00. The number of hydrogen-bond acceptors (Lipinski definition) is 9. The fourth-order valence-electron chi connectivity index (χ4n) is 6.95. The number of aromatic nitrogens is 1. The Morgan fingerprint density at radius 1 is 0.875 bits per heavy atom. The van der Waals surface area contributed by atoms with Gasteiger partial charge in [0.1, 0.15) is 0 Å². The van der Waals surface area contributed by atoms with Crippen LogP contribution in [0, 0.1) is 0 Å². The predicted octanol–water partition coefficient (Wildman–Crippen LogP) is 6.19. The molecule has 1 aromatic heterocycles. The number of halogens is 3. The van der Waals surface area contributed by atoms with Gasteiger partial charge in [-0.3, -0.25) is 24.3 Å². The summed E-state index contributed by atoms with van der Waals surface area (Å²) < 4.78 is 51.1. The SMILES string of the molecule is C[C@@H]1CN(c2ccc(NC(=O)c3cccc(C(=O)C(C)(N)CCN4CCOCC4)c3)c(-c3cc(C(=O)NCc4cccc(C(F)(F)F)c4)ccn3)c2)C[C@H](C)O1. The van der Waals surface area contributed by atoms with E-state index in [9.17, 15) is 27.6 Å². The Kier molecular flexibility index (Phi) is 12.5. The first-order valence-electron chi connectivity index (χ1n) is 18.7. The van der Waals surface area contributed by atoms with Gasteiger partial charge in [0.05, 0.1) is 47.9 Å². The minimum atomic E-state index is -4.51. The van der Waals surface area contributed by atoms with Crippen LogP contribution in [0.3, 0.4) is 0 Å². The smallest absolute Gasteiger partial charge is 0.379 e. The highest BCUT2D eigenvalue weighted by Crippen LogP contribution is 2.34. The molecular weight excluding hydrogens is 725 g/mol. The number of ketones is 1. The van der Waals surface area contributed by atoms with Gasteiger partial charge in [-0.05, 0) is 87.4 Å². The number of carbonyl (C=O) groups is 3. The van der Waals surface area contributed by atoms with E-state index < -0.39 is 29.1 Å². The third kappa shape index (κ3) is 10.2. The number of rotatable bonds is 12. The van der Waals surface area contributed by atoms with Crippen LogP contribution < -0.4 is 21.3 Å². The van der Waals surface area contributed by atoms with Crippen LogP contribution in [0.15, 0.2) is 85.1 Å². The van der Waals surface area contributed by atoms with Crippen molar-refractivity contribution in [3.63, 3.8) is 0 Å². The van der Waals surface area contributed by atoms with E-state index in [2.05, 4.69) is 25.4 Å². The van der Waals surface area contributed by atoms with Crippen molar-refractivity contribution in [2.24, 2.45) is 5.73 Å². The quantitative estimate of drug-likeness (QED) is 0.144. The molecule has 56 heavy (non-hydrogen) atoms. The van der Waals surface area contributed by atoms with E-state index in [0.717, 1.165) is 30.9 Å². The van der Waals surface area contributed by atoms with E-state index in [1.165, 1.54) is 30.5 Å². The Hall–Kier alpha value is -5.15. The largest absolute Gasteiger partial charge is 0.416 e. The molecule has 11 nitrogen and oxygen atoms in total. The molecule has 2 aliphatic heterocycles. The second kappa shape index (κ2) is 17.3. The van der Waals surface area contributed by atoms with Crippen molar-refractivity contribution in [2.75, 3.05) is 56.2 Å². The number of amides is 2. The summed E-state index contributed by atoms with van der Waals surface area (Å²) in [6.45, 7) is 10.3. The van der Waals surface area contributed by atoms with Gasteiger partial charge in [-0.25, -0.2) is 0 Å². The Labute approximate surface area is 324 Å². The molecule has 1 unspecified atom stereocenters. The van der Waals surface area contributed by atoms with E-state index in [1.54, 1.807) is 37.3 Å². The first-order chi connectivity index (χ1) is 26.7. The molecular formula is C42H47F3N6O5. The maximum absolute atomic E-state index is 13.9. The number of Topliss-reactive ketones (excluding diaryl/α,β-unsaturated/α-hetero) is 1. The minimum Gasteiger partial charge on any atom is -0.379 e. The summed E-state index contributed by atoms with van der Waals surface area (Å²) in [7, 11) is 0. The Balaban J connectivity index is 1.24. The van der Waals surface area contributed by atoms with Crippen molar-refractivity contribution in [1.82, 2.24) is 15.2 Å². The van der Waals surface area contributed by atoms with Crippen LogP contribution in [0.1, 0.15) is 69.4 Å². The van der Waals surface area contributed by atoms with Crippen LogP contribution in [0.5, 0.6) is 0 Å². The van der Waals surface area contributed by atoms with E-state index in [4.69, 9.17) is 15.2 Å². The van der Waals surface area contributed by atoms with Gasteiger partial charge >= 0.3 is 6.18 Å².